The first-order valence-corrected chi connectivity index (χ1v) is 2.26. The van der Waals surface area contributed by atoms with Crippen molar-refractivity contribution in [1.82, 2.24) is 5.32 Å². The summed E-state index contributed by atoms with van der Waals surface area (Å²) in [6, 6.07) is -0.507. The van der Waals surface area contributed by atoms with Crippen LogP contribution in [-0.4, -0.2) is 35.9 Å². The zero-order chi connectivity index (χ0) is 6.41. The lowest BCUT2D eigenvalue weighted by Gasteiger charge is -2.06. The van der Waals surface area contributed by atoms with E-state index in [1.807, 2.05) is 0 Å². The number of hydrogen-bond donors (Lipinski definition) is 3. The number of rotatable bonds is 4. The summed E-state index contributed by atoms with van der Waals surface area (Å²) < 4.78 is 0. The first-order valence-electron chi connectivity index (χ1n) is 2.26. The van der Waals surface area contributed by atoms with E-state index in [4.69, 9.17) is 10.2 Å². The molecule has 0 aromatic heterocycles. The summed E-state index contributed by atoms with van der Waals surface area (Å²) in [5.74, 6) is 0. The van der Waals surface area contributed by atoms with Crippen molar-refractivity contribution in [2.24, 2.45) is 0 Å². The van der Waals surface area contributed by atoms with Crippen LogP contribution in [0.15, 0.2) is 0 Å². The lowest BCUT2D eigenvalue weighted by molar-refractivity contribution is -0.110. The highest BCUT2D eigenvalue weighted by molar-refractivity contribution is 5.46. The zero-order valence-corrected chi connectivity index (χ0v) is 4.37. The Hall–Kier alpha value is -0.610. The fourth-order valence-corrected chi connectivity index (χ4v) is 0.259. The summed E-state index contributed by atoms with van der Waals surface area (Å²) >= 11 is 0. The molecule has 0 aromatic rings. The molecule has 48 valence electrons. The molecule has 0 heterocycles. The quantitative estimate of drug-likeness (QED) is 0.378. The Kier molecular flexibility index (Phi) is 4.20. The molecule has 4 heteroatoms. The van der Waals surface area contributed by atoms with Crippen LogP contribution in [-0.2, 0) is 4.79 Å². The van der Waals surface area contributed by atoms with E-state index < -0.39 is 6.04 Å². The summed E-state index contributed by atoms with van der Waals surface area (Å²) in [4.78, 5) is 9.60. The number of aliphatic hydroxyl groups excluding tert-OH is 2. The number of hydrogen-bond acceptors (Lipinski definition) is 3. The molecule has 0 fully saturated rings. The van der Waals surface area contributed by atoms with Crippen molar-refractivity contribution in [3.63, 3.8) is 0 Å². The van der Waals surface area contributed by atoms with Gasteiger partial charge in [-0.2, -0.15) is 0 Å². The van der Waals surface area contributed by atoms with Crippen LogP contribution in [0.25, 0.3) is 0 Å². The normalized spacial score (nSPS) is 9.38. The molecule has 0 aromatic carbocycles. The number of carbonyl (C=O) groups is 1. The molecule has 4 nitrogen and oxygen atoms in total. The van der Waals surface area contributed by atoms with Gasteiger partial charge in [-0.1, -0.05) is 0 Å². The van der Waals surface area contributed by atoms with E-state index in [0.717, 1.165) is 0 Å². The highest BCUT2D eigenvalue weighted by atomic mass is 16.3. The largest absolute Gasteiger partial charge is 0.394 e. The second-order valence-corrected chi connectivity index (χ2v) is 1.35. The zero-order valence-electron chi connectivity index (χ0n) is 4.37. The van der Waals surface area contributed by atoms with Crippen LogP contribution in [0.1, 0.15) is 0 Å². The Balaban J connectivity index is 3.20. The van der Waals surface area contributed by atoms with Crippen LogP contribution >= 0.6 is 0 Å². The van der Waals surface area contributed by atoms with Crippen molar-refractivity contribution in [2.75, 3.05) is 13.2 Å². The van der Waals surface area contributed by atoms with Gasteiger partial charge in [0.2, 0.25) is 6.41 Å². The molecule has 1 amide bonds. The Morgan fingerprint density at radius 3 is 2.12 bits per heavy atom. The van der Waals surface area contributed by atoms with Gasteiger partial charge in [0.1, 0.15) is 0 Å². The summed E-state index contributed by atoms with van der Waals surface area (Å²) in [5, 5.41) is 18.8. The number of carbonyl (C=O) groups excluding carboxylic acids is 1. The van der Waals surface area contributed by atoms with E-state index in [9.17, 15) is 4.79 Å². The molecule has 0 saturated carbocycles. The molecule has 0 bridgehead atoms. The van der Waals surface area contributed by atoms with Crippen molar-refractivity contribution in [2.45, 2.75) is 6.04 Å². The molecule has 0 aliphatic rings. The first-order chi connectivity index (χ1) is 3.85. The van der Waals surface area contributed by atoms with Gasteiger partial charge in [-0.25, -0.2) is 0 Å². The lowest BCUT2D eigenvalue weighted by Crippen LogP contribution is -2.34. The smallest absolute Gasteiger partial charge is 0.207 e. The molecule has 0 saturated heterocycles. The molecule has 0 atom stereocenters. The Labute approximate surface area is 47.1 Å². The third-order valence-electron chi connectivity index (χ3n) is 0.745. The molecule has 0 spiro atoms. The summed E-state index contributed by atoms with van der Waals surface area (Å²) in [6.45, 7) is -0.454. The molecule has 0 rings (SSSR count). The van der Waals surface area contributed by atoms with E-state index >= 15 is 0 Å². The molecular weight excluding hydrogens is 110 g/mol. The van der Waals surface area contributed by atoms with Gasteiger partial charge in [-0.3, -0.25) is 4.79 Å². The van der Waals surface area contributed by atoms with E-state index in [-0.39, 0.29) is 13.2 Å². The highest BCUT2D eigenvalue weighted by Gasteiger charge is 1.99. The van der Waals surface area contributed by atoms with Crippen LogP contribution in [0.4, 0.5) is 0 Å². The maximum Gasteiger partial charge on any atom is 0.207 e. The minimum Gasteiger partial charge on any atom is -0.394 e. The van der Waals surface area contributed by atoms with Gasteiger partial charge in [0.05, 0.1) is 19.3 Å². The van der Waals surface area contributed by atoms with Gasteiger partial charge in [0, 0.05) is 0 Å². The molecule has 0 aliphatic heterocycles. The van der Waals surface area contributed by atoms with Crippen LogP contribution in [0.3, 0.4) is 0 Å². The summed E-state index contributed by atoms with van der Waals surface area (Å²) in [6.07, 6.45) is 0.442. The van der Waals surface area contributed by atoms with Crippen LogP contribution < -0.4 is 5.32 Å². The minimum absolute atomic E-state index is 0.227. The number of amides is 1. The fourth-order valence-electron chi connectivity index (χ4n) is 0.259. The number of nitrogens with one attached hydrogen (secondary N) is 1. The van der Waals surface area contributed by atoms with Crippen molar-refractivity contribution in [3.05, 3.63) is 0 Å². The van der Waals surface area contributed by atoms with Crippen LogP contribution in [0, 0.1) is 0 Å². The summed E-state index contributed by atoms with van der Waals surface area (Å²) in [7, 11) is 0. The molecule has 3 N–H and O–H groups in total. The standard InChI is InChI=1S/C4H9NO3/c6-1-4(2-7)5-3-8/h3-4,6-7H,1-2H2,(H,5,8). The predicted octanol–water partition coefficient (Wildman–Crippen LogP) is -1.91. The van der Waals surface area contributed by atoms with Crippen LogP contribution in [0.5, 0.6) is 0 Å². The molecule has 0 aliphatic carbocycles. The van der Waals surface area contributed by atoms with Crippen molar-refractivity contribution < 1.29 is 15.0 Å². The van der Waals surface area contributed by atoms with E-state index in [1.54, 1.807) is 0 Å². The monoisotopic (exact) mass is 119 g/mol. The van der Waals surface area contributed by atoms with Gasteiger partial charge in [-0.15, -0.1) is 0 Å². The van der Waals surface area contributed by atoms with E-state index in [2.05, 4.69) is 5.32 Å². The Morgan fingerprint density at radius 2 is 2.00 bits per heavy atom. The maximum atomic E-state index is 9.60. The third-order valence-corrected chi connectivity index (χ3v) is 0.745. The maximum absolute atomic E-state index is 9.60. The average molecular weight is 119 g/mol. The van der Waals surface area contributed by atoms with E-state index in [0.29, 0.717) is 6.41 Å². The van der Waals surface area contributed by atoms with Gasteiger partial charge in [0.15, 0.2) is 0 Å². The van der Waals surface area contributed by atoms with Gasteiger partial charge in [0.25, 0.3) is 0 Å². The SMILES string of the molecule is O=CNC(CO)CO. The van der Waals surface area contributed by atoms with Crippen molar-refractivity contribution in [3.8, 4) is 0 Å². The molecule has 0 unspecified atom stereocenters. The van der Waals surface area contributed by atoms with Gasteiger partial charge >= 0.3 is 0 Å². The predicted molar refractivity (Wildman–Crippen MR) is 27.2 cm³/mol. The van der Waals surface area contributed by atoms with Crippen molar-refractivity contribution >= 4 is 6.41 Å². The van der Waals surface area contributed by atoms with Crippen molar-refractivity contribution in [1.29, 1.82) is 0 Å². The lowest BCUT2D eigenvalue weighted by atomic mass is 10.3. The average Bonchev–Trinajstić information content (AvgIpc) is 1.83. The third kappa shape index (κ3) is 2.54. The van der Waals surface area contributed by atoms with E-state index in [1.165, 1.54) is 0 Å². The summed E-state index contributed by atoms with van der Waals surface area (Å²) in [5.41, 5.74) is 0. The first kappa shape index (κ1) is 7.39. The van der Waals surface area contributed by atoms with Gasteiger partial charge in [-0.05, 0) is 0 Å². The fraction of sp³-hybridized carbons (Fsp3) is 0.750. The van der Waals surface area contributed by atoms with Crippen LogP contribution in [0.2, 0.25) is 0 Å². The Morgan fingerprint density at radius 1 is 1.50 bits per heavy atom. The highest BCUT2D eigenvalue weighted by Crippen LogP contribution is 1.73. The number of aliphatic hydroxyl groups is 2. The van der Waals surface area contributed by atoms with Gasteiger partial charge < -0.3 is 15.5 Å². The topological polar surface area (TPSA) is 69.6 Å². The second-order valence-electron chi connectivity index (χ2n) is 1.35. The second kappa shape index (κ2) is 4.55. The molecular formula is C4H9NO3. The Bertz CT molecular complexity index is 62.3. The molecule has 0 radical (unpaired) electrons. The molecule has 8 heavy (non-hydrogen) atoms. The minimum atomic E-state index is -0.507.